The van der Waals surface area contributed by atoms with Crippen molar-refractivity contribution in [1.29, 1.82) is 0 Å². The molecule has 4 rings (SSSR count). The van der Waals surface area contributed by atoms with Gasteiger partial charge in [-0.15, -0.1) is 12.4 Å². The number of hydrogen-bond donors (Lipinski definition) is 1. The van der Waals surface area contributed by atoms with Crippen LogP contribution in [0.5, 0.6) is 0 Å². The number of aromatic nitrogens is 1. The second-order valence-electron chi connectivity index (χ2n) is 7.47. The number of hydrogen-bond acceptors (Lipinski definition) is 4. The van der Waals surface area contributed by atoms with Gasteiger partial charge in [-0.3, -0.25) is 4.79 Å². The Morgan fingerprint density at radius 3 is 2.57 bits per heavy atom. The first-order valence-electron chi connectivity index (χ1n) is 9.54. The molecule has 152 valence electrons. The summed E-state index contributed by atoms with van der Waals surface area (Å²) in [5.74, 6) is -1.19. The van der Waals surface area contributed by atoms with E-state index in [4.69, 9.17) is 4.52 Å². The van der Waals surface area contributed by atoms with Gasteiger partial charge in [0, 0.05) is 24.7 Å². The third-order valence-corrected chi connectivity index (χ3v) is 5.73. The van der Waals surface area contributed by atoms with E-state index in [0.29, 0.717) is 12.5 Å². The number of halogens is 3. The third kappa shape index (κ3) is 4.52. The van der Waals surface area contributed by atoms with Gasteiger partial charge in [-0.25, -0.2) is 8.78 Å². The Bertz CT molecular complexity index is 818. The number of carbonyl (C=O) groups is 1. The van der Waals surface area contributed by atoms with E-state index >= 15 is 0 Å². The van der Waals surface area contributed by atoms with Crippen molar-refractivity contribution in [2.45, 2.75) is 38.1 Å². The molecule has 0 unspecified atom stereocenters. The molecule has 8 heteroatoms. The zero-order valence-corrected chi connectivity index (χ0v) is 16.3. The van der Waals surface area contributed by atoms with Crippen molar-refractivity contribution in [1.82, 2.24) is 15.4 Å². The molecule has 2 heterocycles. The Kier molecular flexibility index (Phi) is 6.67. The van der Waals surface area contributed by atoms with Crippen molar-refractivity contribution in [3.05, 3.63) is 41.6 Å². The highest BCUT2D eigenvalue weighted by molar-refractivity contribution is 5.93. The lowest BCUT2D eigenvalue weighted by Gasteiger charge is -2.41. The molecule has 28 heavy (non-hydrogen) atoms. The molecule has 1 aromatic heterocycles. The molecule has 1 amide bonds. The van der Waals surface area contributed by atoms with Crippen LogP contribution in [0.4, 0.5) is 8.78 Å². The summed E-state index contributed by atoms with van der Waals surface area (Å²) in [5, 5.41) is 6.61. The fourth-order valence-electron chi connectivity index (χ4n) is 3.80. The summed E-state index contributed by atoms with van der Waals surface area (Å²) >= 11 is 0. The van der Waals surface area contributed by atoms with E-state index in [-0.39, 0.29) is 35.3 Å². The molecule has 0 spiro atoms. The number of carbonyl (C=O) groups excluding carboxylic acids is 1. The SMILES string of the molecule is Cl.O=C(NCC1CCN(C2CCC2)CC1)c1cc(-c2ccc(F)cc2F)on1. The van der Waals surface area contributed by atoms with Gasteiger partial charge in [0.1, 0.15) is 11.6 Å². The van der Waals surface area contributed by atoms with Gasteiger partial charge in [0.05, 0.1) is 5.56 Å². The van der Waals surface area contributed by atoms with Crippen LogP contribution in [-0.2, 0) is 0 Å². The summed E-state index contributed by atoms with van der Waals surface area (Å²) in [4.78, 5) is 14.9. The maximum Gasteiger partial charge on any atom is 0.273 e. The molecule has 1 N–H and O–H groups in total. The lowest BCUT2D eigenvalue weighted by molar-refractivity contribution is 0.0800. The summed E-state index contributed by atoms with van der Waals surface area (Å²) in [6.07, 6.45) is 6.17. The lowest BCUT2D eigenvalue weighted by Crippen LogP contribution is -2.46. The lowest BCUT2D eigenvalue weighted by atomic mass is 9.88. The first-order chi connectivity index (χ1) is 13.1. The van der Waals surface area contributed by atoms with Gasteiger partial charge < -0.3 is 14.7 Å². The number of likely N-dealkylation sites (tertiary alicyclic amines) is 1. The van der Waals surface area contributed by atoms with Crippen LogP contribution in [0.3, 0.4) is 0 Å². The van der Waals surface area contributed by atoms with Crippen molar-refractivity contribution in [3.63, 3.8) is 0 Å². The summed E-state index contributed by atoms with van der Waals surface area (Å²) in [6.45, 7) is 2.80. The van der Waals surface area contributed by atoms with Crippen LogP contribution in [-0.4, -0.2) is 41.6 Å². The van der Waals surface area contributed by atoms with Gasteiger partial charge in [-0.2, -0.15) is 0 Å². The Hall–Kier alpha value is -1.99. The number of nitrogens with one attached hydrogen (secondary N) is 1. The van der Waals surface area contributed by atoms with Gasteiger partial charge in [-0.05, 0) is 56.8 Å². The number of benzene rings is 1. The Balaban J connectivity index is 0.00000225. The molecule has 1 saturated carbocycles. The van der Waals surface area contributed by atoms with Crippen molar-refractivity contribution >= 4 is 18.3 Å². The predicted octanol–water partition coefficient (Wildman–Crippen LogP) is 4.04. The minimum atomic E-state index is -0.753. The summed E-state index contributed by atoms with van der Waals surface area (Å²) in [7, 11) is 0. The molecule has 0 atom stereocenters. The Morgan fingerprint density at radius 1 is 1.18 bits per heavy atom. The molecule has 0 bridgehead atoms. The quantitative estimate of drug-likeness (QED) is 0.806. The van der Waals surface area contributed by atoms with Crippen LogP contribution < -0.4 is 5.32 Å². The van der Waals surface area contributed by atoms with Crippen LogP contribution in [0.1, 0.15) is 42.6 Å². The molecule has 2 aliphatic rings. The predicted molar refractivity (Wildman–Crippen MR) is 103 cm³/mol. The molecule has 0 radical (unpaired) electrons. The van der Waals surface area contributed by atoms with Gasteiger partial charge in [-0.1, -0.05) is 11.6 Å². The fraction of sp³-hybridized carbons (Fsp3) is 0.500. The maximum atomic E-state index is 13.8. The van der Waals surface area contributed by atoms with E-state index in [1.54, 1.807) is 0 Å². The fourth-order valence-corrected chi connectivity index (χ4v) is 3.80. The minimum absolute atomic E-state index is 0. The van der Waals surface area contributed by atoms with Crippen molar-refractivity contribution in [2.75, 3.05) is 19.6 Å². The van der Waals surface area contributed by atoms with Gasteiger partial charge >= 0.3 is 0 Å². The molecule has 1 saturated heterocycles. The van der Waals surface area contributed by atoms with E-state index in [9.17, 15) is 13.6 Å². The maximum absolute atomic E-state index is 13.8. The van der Waals surface area contributed by atoms with E-state index in [2.05, 4.69) is 15.4 Å². The molecular weight excluding hydrogens is 388 g/mol. The minimum Gasteiger partial charge on any atom is -0.355 e. The zero-order chi connectivity index (χ0) is 18.8. The van der Waals surface area contributed by atoms with E-state index in [1.807, 2.05) is 0 Å². The van der Waals surface area contributed by atoms with Gasteiger partial charge in [0.25, 0.3) is 5.91 Å². The average molecular weight is 412 g/mol. The van der Waals surface area contributed by atoms with Gasteiger partial charge in [0.15, 0.2) is 11.5 Å². The summed E-state index contributed by atoms with van der Waals surface area (Å²) in [5.41, 5.74) is 0.173. The molecule has 1 aromatic carbocycles. The molecule has 5 nitrogen and oxygen atoms in total. The molecule has 1 aliphatic heterocycles. The normalized spacial score (nSPS) is 18.4. The third-order valence-electron chi connectivity index (χ3n) is 5.73. The Morgan fingerprint density at radius 2 is 1.93 bits per heavy atom. The van der Waals surface area contributed by atoms with E-state index in [1.165, 1.54) is 31.4 Å². The van der Waals surface area contributed by atoms with Crippen LogP contribution in [0.2, 0.25) is 0 Å². The highest BCUT2D eigenvalue weighted by Crippen LogP contribution is 2.29. The van der Waals surface area contributed by atoms with Crippen LogP contribution in [0.25, 0.3) is 11.3 Å². The smallest absolute Gasteiger partial charge is 0.273 e. The second-order valence-corrected chi connectivity index (χ2v) is 7.47. The number of rotatable bonds is 5. The summed E-state index contributed by atoms with van der Waals surface area (Å²) < 4.78 is 31.9. The Labute approximate surface area is 168 Å². The zero-order valence-electron chi connectivity index (χ0n) is 15.5. The van der Waals surface area contributed by atoms with E-state index in [0.717, 1.165) is 44.1 Å². The van der Waals surface area contributed by atoms with Crippen LogP contribution in [0, 0.1) is 17.6 Å². The highest BCUT2D eigenvalue weighted by Gasteiger charge is 2.29. The molecular formula is C20H24ClF2N3O2. The summed E-state index contributed by atoms with van der Waals surface area (Å²) in [6, 6.07) is 5.33. The highest BCUT2D eigenvalue weighted by atomic mass is 35.5. The van der Waals surface area contributed by atoms with E-state index < -0.39 is 11.6 Å². The molecule has 1 aliphatic carbocycles. The van der Waals surface area contributed by atoms with Crippen LogP contribution in [0.15, 0.2) is 28.8 Å². The number of amides is 1. The monoisotopic (exact) mass is 411 g/mol. The molecule has 2 fully saturated rings. The first kappa shape index (κ1) is 20.7. The largest absolute Gasteiger partial charge is 0.355 e. The average Bonchev–Trinajstić information content (AvgIpc) is 3.09. The van der Waals surface area contributed by atoms with Crippen LogP contribution >= 0.6 is 12.4 Å². The van der Waals surface area contributed by atoms with Crippen molar-refractivity contribution in [3.8, 4) is 11.3 Å². The standard InChI is InChI=1S/C20H23F2N3O2.ClH/c21-14-4-5-16(17(22)10-14)19-11-18(24-27-19)20(26)23-12-13-6-8-25(9-7-13)15-2-1-3-15;/h4-5,10-11,13,15H,1-3,6-9,12H2,(H,23,26);1H. The van der Waals surface area contributed by atoms with Gasteiger partial charge in [0.2, 0.25) is 0 Å². The van der Waals surface area contributed by atoms with Crippen molar-refractivity contribution < 1.29 is 18.1 Å². The number of piperidine rings is 1. The molecule has 2 aromatic rings. The van der Waals surface area contributed by atoms with Crippen molar-refractivity contribution in [2.24, 2.45) is 5.92 Å². The first-order valence-corrected chi connectivity index (χ1v) is 9.54. The topological polar surface area (TPSA) is 58.4 Å². The number of nitrogens with zero attached hydrogens (tertiary/aromatic N) is 2. The second kappa shape index (κ2) is 9.01.